The lowest BCUT2D eigenvalue weighted by Gasteiger charge is -2.10. The van der Waals surface area contributed by atoms with Crippen LogP contribution in [0.5, 0.6) is 5.75 Å². The van der Waals surface area contributed by atoms with Crippen LogP contribution in [0.15, 0.2) is 47.8 Å². The number of halogens is 4. The number of anilines is 1. The number of hydrogen-bond donors (Lipinski definition) is 1. The number of nitrogens with one attached hydrogen (secondary N) is 1. The average molecular weight is 453 g/mol. The van der Waals surface area contributed by atoms with Gasteiger partial charge in [0, 0.05) is 11.1 Å². The van der Waals surface area contributed by atoms with E-state index in [-0.39, 0.29) is 22.7 Å². The molecule has 0 atom stereocenters. The number of amides is 1. The number of carbonyl (C=O) groups excluding carboxylic acids is 1. The summed E-state index contributed by atoms with van der Waals surface area (Å²) >= 11 is 7.20. The van der Waals surface area contributed by atoms with Crippen molar-refractivity contribution in [1.82, 2.24) is 14.6 Å². The summed E-state index contributed by atoms with van der Waals surface area (Å²) in [5.41, 5.74) is -0.964. The Hall–Kier alpha value is -3.11. The zero-order valence-electron chi connectivity index (χ0n) is 15.2. The molecule has 0 fully saturated rings. The molecular weight excluding hydrogens is 441 g/mol. The van der Waals surface area contributed by atoms with Gasteiger partial charge in [0.15, 0.2) is 17.0 Å². The van der Waals surface area contributed by atoms with Gasteiger partial charge >= 0.3 is 6.18 Å². The van der Waals surface area contributed by atoms with Gasteiger partial charge in [0.25, 0.3) is 5.91 Å². The molecule has 6 nitrogen and oxygen atoms in total. The Morgan fingerprint density at radius 3 is 2.70 bits per heavy atom. The first-order valence-corrected chi connectivity index (χ1v) is 9.69. The van der Waals surface area contributed by atoms with Crippen LogP contribution in [-0.4, -0.2) is 27.6 Å². The molecule has 1 aromatic carbocycles. The highest BCUT2D eigenvalue weighted by Crippen LogP contribution is 2.34. The number of rotatable bonds is 4. The molecular formula is C19H12ClF3N4O2S. The summed E-state index contributed by atoms with van der Waals surface area (Å²) in [5, 5.41) is 8.46. The summed E-state index contributed by atoms with van der Waals surface area (Å²) in [4.78, 5) is 17.4. The number of carbonyl (C=O) groups is 1. The topological polar surface area (TPSA) is 68.5 Å². The van der Waals surface area contributed by atoms with Gasteiger partial charge in [0.05, 0.1) is 23.4 Å². The lowest BCUT2D eigenvalue weighted by atomic mass is 10.2. The van der Waals surface area contributed by atoms with Crippen LogP contribution in [0.1, 0.15) is 16.2 Å². The van der Waals surface area contributed by atoms with Crippen LogP contribution in [0.25, 0.3) is 16.2 Å². The number of benzene rings is 1. The van der Waals surface area contributed by atoms with Crippen molar-refractivity contribution >= 4 is 40.2 Å². The minimum absolute atomic E-state index is 0.101. The minimum Gasteiger partial charge on any atom is -0.495 e. The fourth-order valence-electron chi connectivity index (χ4n) is 2.80. The van der Waals surface area contributed by atoms with Crippen LogP contribution >= 0.6 is 22.9 Å². The molecule has 0 aliphatic rings. The Morgan fingerprint density at radius 2 is 2.03 bits per heavy atom. The van der Waals surface area contributed by atoms with Gasteiger partial charge in [-0.25, -0.2) is 9.50 Å². The van der Waals surface area contributed by atoms with E-state index in [0.29, 0.717) is 20.2 Å². The Bertz CT molecular complexity index is 1240. The van der Waals surface area contributed by atoms with Crippen molar-refractivity contribution in [2.24, 2.45) is 0 Å². The van der Waals surface area contributed by atoms with Gasteiger partial charge in [0.1, 0.15) is 5.75 Å². The highest BCUT2D eigenvalue weighted by atomic mass is 35.5. The smallest absolute Gasteiger partial charge is 0.433 e. The molecule has 4 aromatic rings. The molecule has 3 heterocycles. The molecule has 154 valence electrons. The van der Waals surface area contributed by atoms with Crippen LogP contribution in [-0.2, 0) is 6.18 Å². The van der Waals surface area contributed by atoms with E-state index in [1.165, 1.54) is 30.6 Å². The Labute approximate surface area is 176 Å². The first-order valence-electron chi connectivity index (χ1n) is 8.43. The number of alkyl halides is 3. The van der Waals surface area contributed by atoms with E-state index in [2.05, 4.69) is 15.4 Å². The van der Waals surface area contributed by atoms with E-state index in [1.807, 2.05) is 0 Å². The molecule has 0 radical (unpaired) electrons. The third-order valence-electron chi connectivity index (χ3n) is 4.13. The number of thiophene rings is 1. The lowest BCUT2D eigenvalue weighted by Crippen LogP contribution is -2.16. The number of fused-ring (bicyclic) bond motifs is 1. The average Bonchev–Trinajstić information content (AvgIpc) is 3.36. The van der Waals surface area contributed by atoms with Gasteiger partial charge in [-0.3, -0.25) is 4.79 Å². The second-order valence-electron chi connectivity index (χ2n) is 6.10. The maximum atomic E-state index is 13.6. The van der Waals surface area contributed by atoms with Crippen molar-refractivity contribution in [3.63, 3.8) is 0 Å². The Balaban J connectivity index is 1.77. The van der Waals surface area contributed by atoms with Crippen molar-refractivity contribution in [2.45, 2.75) is 6.18 Å². The zero-order valence-corrected chi connectivity index (χ0v) is 16.8. The molecule has 0 aliphatic carbocycles. The molecule has 0 saturated carbocycles. The van der Waals surface area contributed by atoms with E-state index in [4.69, 9.17) is 16.3 Å². The normalized spacial score (nSPS) is 11.6. The summed E-state index contributed by atoms with van der Waals surface area (Å²) < 4.78 is 46.6. The second kappa shape index (κ2) is 7.62. The molecule has 0 unspecified atom stereocenters. The molecule has 0 aliphatic heterocycles. The lowest BCUT2D eigenvalue weighted by molar-refractivity contribution is -0.142. The summed E-state index contributed by atoms with van der Waals surface area (Å²) in [7, 11) is 1.41. The van der Waals surface area contributed by atoms with Gasteiger partial charge in [-0.1, -0.05) is 17.7 Å². The first kappa shape index (κ1) is 20.2. The second-order valence-corrected chi connectivity index (χ2v) is 7.48. The quantitative estimate of drug-likeness (QED) is 0.450. The number of nitrogens with zero attached hydrogens (tertiary/aromatic N) is 3. The SMILES string of the molecule is COc1ccc(Cl)cc1NC(=O)c1cc2nc(-c3cccs3)cc(C(F)(F)F)n2n1. The van der Waals surface area contributed by atoms with E-state index in [1.54, 1.807) is 29.6 Å². The van der Waals surface area contributed by atoms with Crippen LogP contribution < -0.4 is 10.1 Å². The molecule has 3 aromatic heterocycles. The van der Waals surface area contributed by atoms with E-state index < -0.39 is 17.8 Å². The highest BCUT2D eigenvalue weighted by molar-refractivity contribution is 7.13. The van der Waals surface area contributed by atoms with Gasteiger partial charge in [0.2, 0.25) is 0 Å². The molecule has 30 heavy (non-hydrogen) atoms. The predicted molar refractivity (Wildman–Crippen MR) is 107 cm³/mol. The predicted octanol–water partition coefficient (Wildman–Crippen LogP) is 5.39. The van der Waals surface area contributed by atoms with Crippen molar-refractivity contribution in [1.29, 1.82) is 0 Å². The fourth-order valence-corrected chi connectivity index (χ4v) is 3.66. The maximum Gasteiger partial charge on any atom is 0.433 e. The van der Waals surface area contributed by atoms with Crippen LogP contribution in [0, 0.1) is 0 Å². The van der Waals surface area contributed by atoms with Gasteiger partial charge in [-0.05, 0) is 35.7 Å². The minimum atomic E-state index is -4.69. The Morgan fingerprint density at radius 1 is 1.23 bits per heavy atom. The van der Waals surface area contributed by atoms with Crippen molar-refractivity contribution in [3.8, 4) is 16.3 Å². The number of aromatic nitrogens is 3. The number of ether oxygens (including phenoxy) is 1. The summed E-state index contributed by atoms with van der Waals surface area (Å²) in [6, 6.07) is 10.1. The van der Waals surface area contributed by atoms with Crippen LogP contribution in [0.3, 0.4) is 0 Å². The van der Waals surface area contributed by atoms with E-state index in [0.717, 1.165) is 6.07 Å². The third kappa shape index (κ3) is 3.83. The fraction of sp³-hybridized carbons (Fsp3) is 0.105. The van der Waals surface area contributed by atoms with Crippen molar-refractivity contribution in [3.05, 3.63) is 64.3 Å². The molecule has 1 N–H and O–H groups in total. The molecule has 0 spiro atoms. The molecule has 1 amide bonds. The Kier molecular flexibility index (Phi) is 5.12. The summed E-state index contributed by atoms with van der Waals surface area (Å²) in [6.07, 6.45) is -4.69. The van der Waals surface area contributed by atoms with Crippen LogP contribution in [0.2, 0.25) is 5.02 Å². The highest BCUT2D eigenvalue weighted by Gasteiger charge is 2.35. The summed E-state index contributed by atoms with van der Waals surface area (Å²) in [6.45, 7) is 0. The number of hydrogen-bond acceptors (Lipinski definition) is 5. The zero-order chi connectivity index (χ0) is 21.5. The third-order valence-corrected chi connectivity index (χ3v) is 5.26. The molecule has 11 heteroatoms. The van der Waals surface area contributed by atoms with Crippen molar-refractivity contribution < 1.29 is 22.7 Å². The largest absolute Gasteiger partial charge is 0.495 e. The van der Waals surface area contributed by atoms with Crippen molar-refractivity contribution in [2.75, 3.05) is 12.4 Å². The van der Waals surface area contributed by atoms with Gasteiger partial charge in [-0.15, -0.1) is 11.3 Å². The van der Waals surface area contributed by atoms with E-state index >= 15 is 0 Å². The monoisotopic (exact) mass is 452 g/mol. The van der Waals surface area contributed by atoms with Crippen LogP contribution in [0.4, 0.5) is 18.9 Å². The number of methoxy groups -OCH3 is 1. The van der Waals surface area contributed by atoms with Gasteiger partial charge < -0.3 is 10.1 Å². The first-order chi connectivity index (χ1) is 14.3. The molecule has 0 bridgehead atoms. The molecule has 4 rings (SSSR count). The standard InChI is InChI=1S/C19H12ClF3N4O2S/c1-29-14-5-4-10(20)7-11(14)25-18(28)13-9-17-24-12(15-3-2-6-30-15)8-16(19(21,22)23)27(17)26-13/h2-9H,1H3,(H,25,28). The van der Waals surface area contributed by atoms with E-state index in [9.17, 15) is 18.0 Å². The summed E-state index contributed by atoms with van der Waals surface area (Å²) in [5.74, 6) is -0.391. The molecule has 0 saturated heterocycles. The van der Waals surface area contributed by atoms with Gasteiger partial charge in [-0.2, -0.15) is 18.3 Å². The maximum absolute atomic E-state index is 13.6.